The third-order valence-electron chi connectivity index (χ3n) is 3.62. The van der Waals surface area contributed by atoms with Crippen LogP contribution in [0.1, 0.15) is 24.3 Å². The van der Waals surface area contributed by atoms with Crippen molar-refractivity contribution in [3.05, 3.63) is 84.5 Å². The lowest BCUT2D eigenvalue weighted by Gasteiger charge is -2.12. The van der Waals surface area contributed by atoms with Crippen LogP contribution in [0.2, 0.25) is 0 Å². The van der Waals surface area contributed by atoms with E-state index in [2.05, 4.69) is 78.9 Å². The summed E-state index contributed by atoms with van der Waals surface area (Å²) < 4.78 is 0. The molecule has 0 radical (unpaired) electrons. The second-order valence-electron chi connectivity index (χ2n) is 4.97. The standard InChI is InChI=1S/C19H18/c1-2-5-10-16(9-4-1)18-13-8-14-19(15-18)17-11-6-3-7-12-17/h1,3-8,10-16H,2,9H2. The van der Waals surface area contributed by atoms with Crippen molar-refractivity contribution in [3.8, 4) is 11.1 Å². The van der Waals surface area contributed by atoms with Gasteiger partial charge in [-0.05, 0) is 29.5 Å². The molecule has 1 unspecified atom stereocenters. The van der Waals surface area contributed by atoms with Crippen LogP contribution in [0.3, 0.4) is 0 Å². The Hall–Kier alpha value is -2.08. The van der Waals surface area contributed by atoms with Gasteiger partial charge in [-0.1, -0.05) is 78.9 Å². The number of allylic oxidation sites excluding steroid dienone is 4. The quantitative estimate of drug-likeness (QED) is 0.627. The van der Waals surface area contributed by atoms with Gasteiger partial charge in [0.1, 0.15) is 0 Å². The van der Waals surface area contributed by atoms with E-state index in [9.17, 15) is 0 Å². The minimum atomic E-state index is 0.516. The summed E-state index contributed by atoms with van der Waals surface area (Å²) in [7, 11) is 0. The SMILES string of the molecule is C1=CCC(c2cccc(-c3ccccc3)c2)C=CC1. The van der Waals surface area contributed by atoms with Crippen LogP contribution >= 0.6 is 0 Å². The average molecular weight is 246 g/mol. The summed E-state index contributed by atoms with van der Waals surface area (Å²) in [6.45, 7) is 0. The number of hydrogen-bond donors (Lipinski definition) is 0. The minimum Gasteiger partial charge on any atom is -0.0873 e. The zero-order chi connectivity index (χ0) is 12.9. The predicted molar refractivity (Wildman–Crippen MR) is 82.1 cm³/mol. The molecule has 0 aliphatic heterocycles. The first kappa shape index (κ1) is 12.0. The molecule has 0 heteroatoms. The molecule has 0 aromatic heterocycles. The normalized spacial score (nSPS) is 18.2. The smallest absolute Gasteiger partial charge is 0.00528 e. The van der Waals surface area contributed by atoms with Crippen LogP contribution in [0, 0.1) is 0 Å². The first-order valence-electron chi connectivity index (χ1n) is 6.90. The summed E-state index contributed by atoms with van der Waals surface area (Å²) in [4.78, 5) is 0. The Balaban J connectivity index is 1.94. The van der Waals surface area contributed by atoms with E-state index in [0.29, 0.717) is 5.92 Å². The van der Waals surface area contributed by atoms with Crippen LogP contribution in [0.25, 0.3) is 11.1 Å². The van der Waals surface area contributed by atoms with Gasteiger partial charge in [-0.15, -0.1) is 0 Å². The summed E-state index contributed by atoms with van der Waals surface area (Å²) >= 11 is 0. The molecule has 0 bridgehead atoms. The Morgan fingerprint density at radius 2 is 1.58 bits per heavy atom. The molecule has 0 saturated carbocycles. The van der Waals surface area contributed by atoms with Crippen molar-refractivity contribution in [2.75, 3.05) is 0 Å². The van der Waals surface area contributed by atoms with Crippen LogP contribution in [-0.2, 0) is 0 Å². The molecule has 19 heavy (non-hydrogen) atoms. The van der Waals surface area contributed by atoms with Gasteiger partial charge in [0.05, 0.1) is 0 Å². The summed E-state index contributed by atoms with van der Waals surface area (Å²) in [6.07, 6.45) is 11.3. The second-order valence-corrected chi connectivity index (χ2v) is 4.97. The number of rotatable bonds is 2. The zero-order valence-electron chi connectivity index (χ0n) is 11.0. The van der Waals surface area contributed by atoms with Crippen molar-refractivity contribution in [3.63, 3.8) is 0 Å². The number of hydrogen-bond acceptors (Lipinski definition) is 0. The molecule has 0 spiro atoms. The van der Waals surface area contributed by atoms with E-state index in [1.54, 1.807) is 0 Å². The van der Waals surface area contributed by atoms with E-state index in [4.69, 9.17) is 0 Å². The molecule has 0 fully saturated rings. The van der Waals surface area contributed by atoms with E-state index in [0.717, 1.165) is 12.8 Å². The van der Waals surface area contributed by atoms with E-state index >= 15 is 0 Å². The average Bonchev–Trinajstić information content (AvgIpc) is 2.77. The molecular formula is C19H18. The fourth-order valence-electron chi connectivity index (χ4n) is 2.57. The fraction of sp³-hybridized carbons (Fsp3) is 0.158. The van der Waals surface area contributed by atoms with Crippen molar-refractivity contribution >= 4 is 0 Å². The van der Waals surface area contributed by atoms with E-state index in [1.165, 1.54) is 16.7 Å². The van der Waals surface area contributed by atoms with Crippen LogP contribution in [0.5, 0.6) is 0 Å². The van der Waals surface area contributed by atoms with Gasteiger partial charge in [0.25, 0.3) is 0 Å². The van der Waals surface area contributed by atoms with Crippen LogP contribution < -0.4 is 0 Å². The summed E-state index contributed by atoms with van der Waals surface area (Å²) in [6, 6.07) is 19.5. The first-order valence-corrected chi connectivity index (χ1v) is 6.90. The third kappa shape index (κ3) is 2.85. The lowest BCUT2D eigenvalue weighted by molar-refractivity contribution is 0.868. The van der Waals surface area contributed by atoms with E-state index < -0.39 is 0 Å². The van der Waals surface area contributed by atoms with Gasteiger partial charge in [0.15, 0.2) is 0 Å². The second kappa shape index (κ2) is 5.71. The monoisotopic (exact) mass is 246 g/mol. The summed E-state index contributed by atoms with van der Waals surface area (Å²) in [5, 5.41) is 0. The molecule has 0 nitrogen and oxygen atoms in total. The van der Waals surface area contributed by atoms with Crippen molar-refractivity contribution < 1.29 is 0 Å². The first-order chi connectivity index (χ1) is 9.43. The van der Waals surface area contributed by atoms with Crippen LogP contribution in [0.15, 0.2) is 78.9 Å². The van der Waals surface area contributed by atoms with Crippen LogP contribution in [0.4, 0.5) is 0 Å². The van der Waals surface area contributed by atoms with Gasteiger partial charge in [0, 0.05) is 5.92 Å². The van der Waals surface area contributed by atoms with Crippen molar-refractivity contribution in [2.24, 2.45) is 0 Å². The maximum Gasteiger partial charge on any atom is 0.00528 e. The van der Waals surface area contributed by atoms with Gasteiger partial charge in [-0.2, -0.15) is 0 Å². The van der Waals surface area contributed by atoms with Gasteiger partial charge in [0.2, 0.25) is 0 Å². The van der Waals surface area contributed by atoms with Gasteiger partial charge >= 0.3 is 0 Å². The lowest BCUT2D eigenvalue weighted by Crippen LogP contribution is -1.93. The van der Waals surface area contributed by atoms with Crippen LogP contribution in [-0.4, -0.2) is 0 Å². The molecule has 1 aliphatic carbocycles. The largest absolute Gasteiger partial charge is 0.0873 e. The summed E-state index contributed by atoms with van der Waals surface area (Å²) in [5.41, 5.74) is 4.00. The third-order valence-corrected chi connectivity index (χ3v) is 3.62. The fourth-order valence-corrected chi connectivity index (χ4v) is 2.57. The maximum absolute atomic E-state index is 2.34. The highest BCUT2D eigenvalue weighted by atomic mass is 14.1. The molecule has 2 aromatic rings. The zero-order valence-corrected chi connectivity index (χ0v) is 11.0. The maximum atomic E-state index is 2.34. The van der Waals surface area contributed by atoms with Crippen molar-refractivity contribution in [1.82, 2.24) is 0 Å². The predicted octanol–water partition coefficient (Wildman–Crippen LogP) is 5.34. The molecule has 3 rings (SSSR count). The van der Waals surface area contributed by atoms with Gasteiger partial charge in [-0.25, -0.2) is 0 Å². The molecule has 2 aromatic carbocycles. The Kier molecular flexibility index (Phi) is 3.60. The van der Waals surface area contributed by atoms with Gasteiger partial charge in [-0.3, -0.25) is 0 Å². The Labute approximate surface area is 115 Å². The Morgan fingerprint density at radius 3 is 2.47 bits per heavy atom. The topological polar surface area (TPSA) is 0 Å². The van der Waals surface area contributed by atoms with Gasteiger partial charge < -0.3 is 0 Å². The summed E-state index contributed by atoms with van der Waals surface area (Å²) in [5.74, 6) is 0.516. The molecule has 1 atom stereocenters. The van der Waals surface area contributed by atoms with E-state index in [1.807, 2.05) is 0 Å². The Morgan fingerprint density at radius 1 is 0.737 bits per heavy atom. The molecular weight excluding hydrogens is 228 g/mol. The molecule has 94 valence electrons. The van der Waals surface area contributed by atoms with E-state index in [-0.39, 0.29) is 0 Å². The molecule has 0 amide bonds. The molecule has 0 saturated heterocycles. The van der Waals surface area contributed by atoms with Crippen molar-refractivity contribution in [2.45, 2.75) is 18.8 Å². The highest BCUT2D eigenvalue weighted by Gasteiger charge is 2.08. The highest BCUT2D eigenvalue weighted by Crippen LogP contribution is 2.28. The highest BCUT2D eigenvalue weighted by molar-refractivity contribution is 5.64. The van der Waals surface area contributed by atoms with Crippen molar-refractivity contribution in [1.29, 1.82) is 0 Å². The molecule has 0 N–H and O–H groups in total. The Bertz CT molecular complexity index is 590. The minimum absolute atomic E-state index is 0.516. The number of benzene rings is 2. The lowest BCUT2D eigenvalue weighted by atomic mass is 9.93. The molecule has 1 aliphatic rings. The molecule has 0 heterocycles.